The molecule has 0 saturated carbocycles. The van der Waals surface area contributed by atoms with E-state index in [1.807, 2.05) is 0 Å². The van der Waals surface area contributed by atoms with Crippen molar-refractivity contribution in [3.05, 3.63) is 0 Å². The van der Waals surface area contributed by atoms with Gasteiger partial charge < -0.3 is 9.84 Å². The molecule has 0 aromatic heterocycles. The molecule has 1 atom stereocenters. The van der Waals surface area contributed by atoms with Crippen molar-refractivity contribution in [1.29, 1.82) is 0 Å². The third kappa shape index (κ3) is 8.74. The van der Waals surface area contributed by atoms with Crippen molar-refractivity contribution >= 4 is 28.6 Å². The zero-order valence-corrected chi connectivity index (χ0v) is 10.8. The first-order valence-electron chi connectivity index (χ1n) is 5.01. The van der Waals surface area contributed by atoms with Crippen molar-refractivity contribution < 1.29 is 14.6 Å². The summed E-state index contributed by atoms with van der Waals surface area (Å²) in [6, 6.07) is 0. The summed E-state index contributed by atoms with van der Waals surface area (Å²) < 4.78 is 5.34. The largest absolute Gasteiger partial charge is 0.469 e. The van der Waals surface area contributed by atoms with Gasteiger partial charge in [-0.2, -0.15) is 0 Å². The van der Waals surface area contributed by atoms with E-state index in [9.17, 15) is 9.90 Å². The van der Waals surface area contributed by atoms with Gasteiger partial charge in [-0.25, -0.2) is 0 Å². The lowest BCUT2D eigenvalue weighted by Crippen LogP contribution is -2.06. The van der Waals surface area contributed by atoms with E-state index in [0.29, 0.717) is 6.42 Å². The van der Waals surface area contributed by atoms with E-state index in [1.165, 1.54) is 7.11 Å². The minimum Gasteiger partial charge on any atom is -0.469 e. The summed E-state index contributed by atoms with van der Waals surface area (Å²) in [5.74, 6) is -0.128. The lowest BCUT2D eigenvalue weighted by molar-refractivity contribution is -0.140. The summed E-state index contributed by atoms with van der Waals surface area (Å²) >= 11 is 2.18. The molecule has 0 aliphatic rings. The predicted octanol–water partition coefficient (Wildman–Crippen LogP) is 2.30. The number of aliphatic hydroxyl groups is 1. The van der Waals surface area contributed by atoms with Gasteiger partial charge in [0.2, 0.25) is 0 Å². The smallest absolute Gasteiger partial charge is 0.305 e. The maximum absolute atomic E-state index is 10.7. The van der Waals surface area contributed by atoms with Crippen LogP contribution in [-0.2, 0) is 9.53 Å². The molecular formula is C10H19IO3. The first-order valence-corrected chi connectivity index (χ1v) is 6.54. The molecule has 0 rings (SSSR count). The highest BCUT2D eigenvalue weighted by molar-refractivity contribution is 14.1. The lowest BCUT2D eigenvalue weighted by atomic mass is 10.1. The van der Waals surface area contributed by atoms with Crippen LogP contribution in [0.1, 0.15) is 38.5 Å². The highest BCUT2D eigenvalue weighted by Crippen LogP contribution is 2.09. The molecule has 0 aliphatic heterocycles. The highest BCUT2D eigenvalue weighted by atomic mass is 127. The Morgan fingerprint density at radius 1 is 1.36 bits per heavy atom. The molecule has 0 amide bonds. The number of carbonyl (C=O) groups excluding carboxylic acids is 1. The van der Waals surface area contributed by atoms with E-state index in [1.54, 1.807) is 0 Å². The first-order chi connectivity index (χ1) is 6.70. The van der Waals surface area contributed by atoms with Gasteiger partial charge in [0.25, 0.3) is 0 Å². The zero-order chi connectivity index (χ0) is 10.8. The number of methoxy groups -OCH3 is 1. The second-order valence-corrected chi connectivity index (χ2v) is 4.22. The maximum atomic E-state index is 10.7. The number of aliphatic hydroxyl groups excluding tert-OH is 1. The lowest BCUT2D eigenvalue weighted by Gasteiger charge is -2.05. The van der Waals surface area contributed by atoms with Crippen LogP contribution >= 0.6 is 22.6 Å². The molecule has 0 unspecified atom stereocenters. The van der Waals surface area contributed by atoms with Crippen LogP contribution in [0.25, 0.3) is 0 Å². The van der Waals surface area contributed by atoms with E-state index >= 15 is 0 Å². The van der Waals surface area contributed by atoms with Crippen LogP contribution in [0, 0.1) is 0 Å². The number of hydrogen-bond donors (Lipinski definition) is 1. The average molecular weight is 314 g/mol. The molecule has 1 N–H and O–H groups in total. The quantitative estimate of drug-likeness (QED) is 0.324. The van der Waals surface area contributed by atoms with Gasteiger partial charge in [0.15, 0.2) is 0 Å². The average Bonchev–Trinajstić information content (AvgIpc) is 2.22. The number of unbranched alkanes of at least 4 members (excludes halogenated alkanes) is 3. The molecule has 84 valence electrons. The fourth-order valence-corrected chi connectivity index (χ4v) is 1.62. The van der Waals surface area contributed by atoms with Crippen LogP contribution in [0.3, 0.4) is 0 Å². The van der Waals surface area contributed by atoms with Crippen molar-refractivity contribution in [2.24, 2.45) is 0 Å². The minimum absolute atomic E-state index is 0.128. The Bertz CT molecular complexity index is 150. The van der Waals surface area contributed by atoms with E-state index in [4.69, 9.17) is 0 Å². The van der Waals surface area contributed by atoms with Crippen LogP contribution in [0.15, 0.2) is 0 Å². The van der Waals surface area contributed by atoms with Crippen molar-refractivity contribution in [3.8, 4) is 0 Å². The summed E-state index contributed by atoms with van der Waals surface area (Å²) in [6.07, 6.45) is 5.31. The van der Waals surface area contributed by atoms with E-state index in [-0.39, 0.29) is 12.1 Å². The van der Waals surface area contributed by atoms with Gasteiger partial charge in [-0.15, -0.1) is 0 Å². The molecule has 3 nitrogen and oxygen atoms in total. The van der Waals surface area contributed by atoms with Gasteiger partial charge in [0.1, 0.15) is 0 Å². The third-order valence-corrected chi connectivity index (χ3v) is 3.09. The number of halogens is 1. The molecule has 14 heavy (non-hydrogen) atoms. The Kier molecular flexibility index (Phi) is 9.82. The number of alkyl halides is 1. The molecule has 4 heteroatoms. The van der Waals surface area contributed by atoms with Crippen LogP contribution in [-0.4, -0.2) is 28.7 Å². The topological polar surface area (TPSA) is 46.5 Å². The fourth-order valence-electron chi connectivity index (χ4n) is 1.18. The molecule has 0 radical (unpaired) electrons. The van der Waals surface area contributed by atoms with Gasteiger partial charge in [-0.1, -0.05) is 41.9 Å². The number of carbonyl (C=O) groups is 1. The summed E-state index contributed by atoms with van der Waals surface area (Å²) in [7, 11) is 1.42. The van der Waals surface area contributed by atoms with Crippen molar-refractivity contribution in [2.75, 3.05) is 11.5 Å². The Labute approximate surface area is 99.4 Å². The number of hydrogen-bond acceptors (Lipinski definition) is 3. The Morgan fingerprint density at radius 3 is 2.57 bits per heavy atom. The summed E-state index contributed by atoms with van der Waals surface area (Å²) in [6.45, 7) is 0. The van der Waals surface area contributed by atoms with Crippen LogP contribution in [0.4, 0.5) is 0 Å². The minimum atomic E-state index is -0.156. The van der Waals surface area contributed by atoms with Crippen molar-refractivity contribution in [2.45, 2.75) is 44.6 Å². The molecule has 0 fully saturated rings. The van der Waals surface area contributed by atoms with Crippen LogP contribution < -0.4 is 0 Å². The SMILES string of the molecule is COC(=O)CCCCCC[C@H](O)CI. The van der Waals surface area contributed by atoms with Crippen LogP contribution in [0.5, 0.6) is 0 Å². The monoisotopic (exact) mass is 314 g/mol. The maximum Gasteiger partial charge on any atom is 0.305 e. The van der Waals surface area contributed by atoms with Gasteiger partial charge in [-0.3, -0.25) is 4.79 Å². The van der Waals surface area contributed by atoms with Crippen molar-refractivity contribution in [1.82, 2.24) is 0 Å². The Morgan fingerprint density at radius 2 is 2.00 bits per heavy atom. The molecule has 0 heterocycles. The third-order valence-electron chi connectivity index (χ3n) is 2.07. The number of rotatable bonds is 8. The van der Waals surface area contributed by atoms with Gasteiger partial charge in [0.05, 0.1) is 13.2 Å². The molecule has 0 aromatic carbocycles. The van der Waals surface area contributed by atoms with Gasteiger partial charge in [0, 0.05) is 10.8 Å². The van der Waals surface area contributed by atoms with Crippen LogP contribution in [0.2, 0.25) is 0 Å². The molecule has 0 bridgehead atoms. The molecule has 0 saturated heterocycles. The predicted molar refractivity (Wildman–Crippen MR) is 64.6 cm³/mol. The summed E-state index contributed by atoms with van der Waals surface area (Å²) in [4.78, 5) is 10.7. The summed E-state index contributed by atoms with van der Waals surface area (Å²) in [5, 5.41) is 9.26. The Hall–Kier alpha value is 0.160. The normalized spacial score (nSPS) is 12.5. The number of esters is 1. The van der Waals surface area contributed by atoms with E-state index in [2.05, 4.69) is 27.3 Å². The highest BCUT2D eigenvalue weighted by Gasteiger charge is 2.02. The zero-order valence-electron chi connectivity index (χ0n) is 8.67. The fraction of sp³-hybridized carbons (Fsp3) is 0.900. The van der Waals surface area contributed by atoms with E-state index in [0.717, 1.165) is 36.5 Å². The first kappa shape index (κ1) is 14.2. The molecule has 0 aromatic rings. The molecule has 0 aliphatic carbocycles. The van der Waals surface area contributed by atoms with Gasteiger partial charge in [-0.05, 0) is 12.8 Å². The van der Waals surface area contributed by atoms with Crippen molar-refractivity contribution in [3.63, 3.8) is 0 Å². The Balaban J connectivity index is 3.10. The van der Waals surface area contributed by atoms with Gasteiger partial charge >= 0.3 is 5.97 Å². The molecular weight excluding hydrogens is 295 g/mol. The second-order valence-electron chi connectivity index (χ2n) is 3.34. The van der Waals surface area contributed by atoms with E-state index < -0.39 is 0 Å². The standard InChI is InChI=1S/C10H19IO3/c1-14-10(13)7-5-3-2-4-6-9(12)8-11/h9,12H,2-8H2,1H3/t9-/m0/s1. The number of ether oxygens (including phenoxy) is 1. The molecule has 0 spiro atoms. The summed E-state index contributed by atoms with van der Waals surface area (Å²) in [5.41, 5.74) is 0. The second kappa shape index (κ2) is 9.71.